The van der Waals surface area contributed by atoms with E-state index in [4.69, 9.17) is 0 Å². The van der Waals surface area contributed by atoms with Crippen molar-refractivity contribution in [2.45, 2.75) is 32.7 Å². The van der Waals surface area contributed by atoms with E-state index in [-0.39, 0.29) is 11.8 Å². The minimum Gasteiger partial charge on any atom is -0.350 e. The number of aryl methyl sites for hydroxylation is 1. The Hall–Kier alpha value is -1.68. The highest BCUT2D eigenvalue weighted by Crippen LogP contribution is 2.27. The fraction of sp³-hybridized carbons (Fsp3) is 0.375. The molecule has 1 aromatic heterocycles. The Morgan fingerprint density at radius 3 is 2.75 bits per heavy atom. The number of nitrogens with zero attached hydrogens (tertiary/aromatic N) is 1. The maximum atomic E-state index is 11.8. The van der Waals surface area contributed by atoms with Gasteiger partial charge in [0.05, 0.1) is 12.2 Å². The van der Waals surface area contributed by atoms with Crippen LogP contribution in [-0.4, -0.2) is 10.9 Å². The molecule has 0 spiro atoms. The molecule has 1 amide bonds. The van der Waals surface area contributed by atoms with Crippen LogP contribution in [0.4, 0.5) is 0 Å². The van der Waals surface area contributed by atoms with Gasteiger partial charge < -0.3 is 5.32 Å². The second-order valence-corrected chi connectivity index (χ2v) is 6.21. The number of benzene rings is 1. The third-order valence-corrected chi connectivity index (χ3v) is 4.71. The maximum absolute atomic E-state index is 11.8. The Balaban J connectivity index is 1.61. The molecule has 1 aliphatic rings. The smallest absolute Gasteiger partial charge is 0.223 e. The van der Waals surface area contributed by atoms with Crippen molar-refractivity contribution in [1.82, 2.24) is 10.3 Å². The largest absolute Gasteiger partial charge is 0.350 e. The second kappa shape index (κ2) is 5.75. The summed E-state index contributed by atoms with van der Waals surface area (Å²) in [6, 6.07) is 8.36. The van der Waals surface area contributed by atoms with Crippen molar-refractivity contribution < 1.29 is 4.79 Å². The molecule has 4 heteroatoms. The van der Waals surface area contributed by atoms with E-state index in [0.29, 0.717) is 6.54 Å². The van der Waals surface area contributed by atoms with E-state index < -0.39 is 0 Å². The van der Waals surface area contributed by atoms with E-state index in [0.717, 1.165) is 29.1 Å². The van der Waals surface area contributed by atoms with Gasteiger partial charge in [0.15, 0.2) is 0 Å². The number of rotatable bonds is 4. The molecule has 3 rings (SSSR count). The highest BCUT2D eigenvalue weighted by molar-refractivity contribution is 7.13. The topological polar surface area (TPSA) is 42.0 Å². The van der Waals surface area contributed by atoms with Crippen molar-refractivity contribution in [2.24, 2.45) is 5.92 Å². The molecular formula is C16H18N2OS. The summed E-state index contributed by atoms with van der Waals surface area (Å²) < 4.78 is 0. The first-order valence-corrected chi connectivity index (χ1v) is 7.89. The summed E-state index contributed by atoms with van der Waals surface area (Å²) in [4.78, 5) is 16.4. The average Bonchev–Trinajstić information content (AvgIpc) is 2.84. The lowest BCUT2D eigenvalue weighted by atomic mass is 9.85. The Labute approximate surface area is 123 Å². The van der Waals surface area contributed by atoms with Crippen molar-refractivity contribution in [2.75, 3.05) is 0 Å². The molecule has 20 heavy (non-hydrogen) atoms. The Morgan fingerprint density at radius 2 is 2.10 bits per heavy atom. The number of carbonyl (C=O) groups is 1. The normalized spacial score (nSPS) is 14.8. The minimum atomic E-state index is 0.182. The zero-order valence-electron chi connectivity index (χ0n) is 11.6. The third kappa shape index (κ3) is 2.90. The minimum absolute atomic E-state index is 0.182. The Kier molecular flexibility index (Phi) is 3.83. The van der Waals surface area contributed by atoms with Crippen LogP contribution in [-0.2, 0) is 11.3 Å². The van der Waals surface area contributed by atoms with Crippen LogP contribution in [0.3, 0.4) is 0 Å². The van der Waals surface area contributed by atoms with Crippen LogP contribution in [0.1, 0.15) is 30.5 Å². The molecule has 1 fully saturated rings. The molecule has 1 aromatic carbocycles. The van der Waals surface area contributed by atoms with Gasteiger partial charge in [0.1, 0.15) is 5.01 Å². The molecule has 0 atom stereocenters. The summed E-state index contributed by atoms with van der Waals surface area (Å²) >= 11 is 1.63. The first-order chi connectivity index (χ1) is 9.72. The summed E-state index contributed by atoms with van der Waals surface area (Å²) in [6.45, 7) is 2.62. The van der Waals surface area contributed by atoms with Crippen LogP contribution in [0, 0.1) is 12.8 Å². The van der Waals surface area contributed by atoms with Crippen LogP contribution < -0.4 is 5.32 Å². The number of hydrogen-bond donors (Lipinski definition) is 1. The first-order valence-electron chi connectivity index (χ1n) is 7.01. The monoisotopic (exact) mass is 286 g/mol. The fourth-order valence-electron chi connectivity index (χ4n) is 2.21. The molecule has 0 unspecified atom stereocenters. The summed E-state index contributed by atoms with van der Waals surface area (Å²) in [7, 11) is 0. The summed E-state index contributed by atoms with van der Waals surface area (Å²) in [6.07, 6.45) is 3.27. The van der Waals surface area contributed by atoms with Gasteiger partial charge in [-0.2, -0.15) is 0 Å². The van der Waals surface area contributed by atoms with Crippen molar-refractivity contribution in [1.29, 1.82) is 0 Å². The van der Waals surface area contributed by atoms with Gasteiger partial charge >= 0.3 is 0 Å². The number of thiazole rings is 1. The van der Waals surface area contributed by atoms with Gasteiger partial charge in [0, 0.05) is 16.9 Å². The van der Waals surface area contributed by atoms with Crippen molar-refractivity contribution in [3.05, 3.63) is 40.9 Å². The molecule has 3 nitrogen and oxygen atoms in total. The van der Waals surface area contributed by atoms with Crippen LogP contribution in [0.2, 0.25) is 0 Å². The van der Waals surface area contributed by atoms with Crippen molar-refractivity contribution in [3.8, 4) is 10.6 Å². The molecule has 2 aromatic rings. The standard InChI is InChI=1S/C16H18N2OS/c1-11-5-7-13(8-6-11)16-18-14(10-20-16)9-17-15(19)12-3-2-4-12/h5-8,10,12H,2-4,9H2,1H3,(H,17,19). The Bertz CT molecular complexity index is 599. The lowest BCUT2D eigenvalue weighted by molar-refractivity contribution is -0.127. The lowest BCUT2D eigenvalue weighted by Crippen LogP contribution is -2.34. The number of nitrogens with one attached hydrogen (secondary N) is 1. The van der Waals surface area contributed by atoms with Crippen LogP contribution in [0.5, 0.6) is 0 Å². The molecule has 0 bridgehead atoms. The molecular weight excluding hydrogens is 268 g/mol. The number of aromatic nitrogens is 1. The highest BCUT2D eigenvalue weighted by atomic mass is 32.1. The molecule has 1 aliphatic carbocycles. The van der Waals surface area contributed by atoms with Gasteiger partial charge in [-0.3, -0.25) is 4.79 Å². The van der Waals surface area contributed by atoms with Crippen LogP contribution in [0.25, 0.3) is 10.6 Å². The fourth-order valence-corrected chi connectivity index (χ4v) is 3.04. The van der Waals surface area contributed by atoms with E-state index in [9.17, 15) is 4.79 Å². The highest BCUT2D eigenvalue weighted by Gasteiger charge is 2.24. The van der Waals surface area contributed by atoms with Gasteiger partial charge in [0.2, 0.25) is 5.91 Å². The molecule has 1 N–H and O–H groups in total. The quantitative estimate of drug-likeness (QED) is 0.934. The average molecular weight is 286 g/mol. The van der Waals surface area contributed by atoms with Gasteiger partial charge in [0.25, 0.3) is 0 Å². The predicted molar refractivity (Wildman–Crippen MR) is 81.5 cm³/mol. The molecule has 1 heterocycles. The van der Waals surface area contributed by atoms with E-state index in [1.54, 1.807) is 11.3 Å². The number of hydrogen-bond acceptors (Lipinski definition) is 3. The first kappa shape index (κ1) is 13.3. The third-order valence-electron chi connectivity index (χ3n) is 3.77. The van der Waals surface area contributed by atoms with Gasteiger partial charge in [-0.1, -0.05) is 36.2 Å². The lowest BCUT2D eigenvalue weighted by Gasteiger charge is -2.23. The number of amides is 1. The van der Waals surface area contributed by atoms with Crippen LogP contribution in [0.15, 0.2) is 29.6 Å². The molecule has 0 saturated heterocycles. The van der Waals surface area contributed by atoms with Crippen LogP contribution >= 0.6 is 11.3 Å². The van der Waals surface area contributed by atoms with E-state index in [1.807, 2.05) is 5.38 Å². The number of carbonyl (C=O) groups excluding carboxylic acids is 1. The van der Waals surface area contributed by atoms with Crippen molar-refractivity contribution in [3.63, 3.8) is 0 Å². The molecule has 1 saturated carbocycles. The Morgan fingerprint density at radius 1 is 1.35 bits per heavy atom. The molecule has 104 valence electrons. The van der Waals surface area contributed by atoms with Gasteiger partial charge in [-0.05, 0) is 19.8 Å². The molecule has 0 aliphatic heterocycles. The summed E-state index contributed by atoms with van der Waals surface area (Å²) in [5, 5.41) is 6.02. The molecule has 0 radical (unpaired) electrons. The second-order valence-electron chi connectivity index (χ2n) is 5.36. The summed E-state index contributed by atoms with van der Waals surface area (Å²) in [5.41, 5.74) is 3.33. The van der Waals surface area contributed by atoms with Gasteiger partial charge in [-0.15, -0.1) is 11.3 Å². The van der Waals surface area contributed by atoms with E-state index >= 15 is 0 Å². The predicted octanol–water partition coefficient (Wildman–Crippen LogP) is 3.53. The zero-order chi connectivity index (χ0) is 13.9. The zero-order valence-corrected chi connectivity index (χ0v) is 12.4. The van der Waals surface area contributed by atoms with E-state index in [1.165, 1.54) is 12.0 Å². The van der Waals surface area contributed by atoms with Crippen molar-refractivity contribution >= 4 is 17.2 Å². The van der Waals surface area contributed by atoms with Gasteiger partial charge in [-0.25, -0.2) is 4.98 Å². The maximum Gasteiger partial charge on any atom is 0.223 e. The van der Waals surface area contributed by atoms with E-state index in [2.05, 4.69) is 41.5 Å². The SMILES string of the molecule is Cc1ccc(-c2nc(CNC(=O)C3CCC3)cs2)cc1. The summed E-state index contributed by atoms with van der Waals surface area (Å²) in [5.74, 6) is 0.423.